The molecule has 2 rings (SSSR count). The van der Waals surface area contributed by atoms with Crippen molar-refractivity contribution >= 4 is 5.91 Å². The van der Waals surface area contributed by atoms with E-state index in [4.69, 9.17) is 4.74 Å². The Balaban J connectivity index is 2.02. The lowest BCUT2D eigenvalue weighted by molar-refractivity contribution is 0.0951. The first-order chi connectivity index (χ1) is 9.74. The molecule has 0 saturated carbocycles. The van der Waals surface area contributed by atoms with Gasteiger partial charge in [0.05, 0.1) is 7.11 Å². The third-order valence-corrected chi connectivity index (χ3v) is 3.12. The molecule has 0 saturated heterocycles. The molecular weight excluding hydrogens is 252 g/mol. The predicted octanol–water partition coefficient (Wildman–Crippen LogP) is 2.58. The summed E-state index contributed by atoms with van der Waals surface area (Å²) in [4.78, 5) is 15.8. The van der Waals surface area contributed by atoms with E-state index < -0.39 is 0 Å². The number of ether oxygens (including phenoxy) is 1. The first-order valence-corrected chi connectivity index (χ1v) is 6.58. The lowest BCUT2D eigenvalue weighted by atomic mass is 10.1. The van der Waals surface area contributed by atoms with Crippen molar-refractivity contribution in [3.05, 3.63) is 59.4 Å². The van der Waals surface area contributed by atoms with Gasteiger partial charge >= 0.3 is 0 Å². The molecule has 0 fully saturated rings. The number of hydrogen-bond acceptors (Lipinski definition) is 3. The molecule has 2 aromatic rings. The van der Waals surface area contributed by atoms with E-state index >= 15 is 0 Å². The Hall–Kier alpha value is -2.36. The maximum Gasteiger partial charge on any atom is 0.251 e. The molecule has 1 heterocycles. The Morgan fingerprint density at radius 1 is 1.25 bits per heavy atom. The van der Waals surface area contributed by atoms with E-state index in [-0.39, 0.29) is 5.91 Å². The standard InChI is InChI=1S/C16H18N2O2/c1-3-13-10-12(4-5-15(13)20-2)11-18-16(19)14-6-8-17-9-7-14/h4-10H,3,11H2,1-2H3,(H,18,19). The summed E-state index contributed by atoms with van der Waals surface area (Å²) in [5, 5.41) is 2.90. The normalized spacial score (nSPS) is 10.1. The summed E-state index contributed by atoms with van der Waals surface area (Å²) in [5.74, 6) is 0.790. The number of rotatable bonds is 5. The molecule has 1 aromatic heterocycles. The average Bonchev–Trinajstić information content (AvgIpc) is 2.53. The van der Waals surface area contributed by atoms with Crippen molar-refractivity contribution in [2.75, 3.05) is 7.11 Å². The smallest absolute Gasteiger partial charge is 0.251 e. The topological polar surface area (TPSA) is 51.2 Å². The molecule has 0 spiro atoms. The number of aryl methyl sites for hydroxylation is 1. The number of carbonyl (C=O) groups is 1. The van der Waals surface area contributed by atoms with Gasteiger partial charge in [0, 0.05) is 24.5 Å². The fraction of sp³-hybridized carbons (Fsp3) is 0.250. The van der Waals surface area contributed by atoms with Crippen molar-refractivity contribution in [1.29, 1.82) is 0 Å². The van der Waals surface area contributed by atoms with Crippen LogP contribution in [0.3, 0.4) is 0 Å². The van der Waals surface area contributed by atoms with Gasteiger partial charge in [0.1, 0.15) is 5.75 Å². The summed E-state index contributed by atoms with van der Waals surface area (Å²) in [5.41, 5.74) is 2.82. The van der Waals surface area contributed by atoms with Gasteiger partial charge in [0.25, 0.3) is 5.91 Å². The van der Waals surface area contributed by atoms with Gasteiger partial charge in [-0.15, -0.1) is 0 Å². The van der Waals surface area contributed by atoms with Crippen LogP contribution in [-0.2, 0) is 13.0 Å². The summed E-state index contributed by atoms with van der Waals surface area (Å²) < 4.78 is 5.29. The molecule has 0 aliphatic heterocycles. The average molecular weight is 270 g/mol. The Labute approximate surface area is 118 Å². The Morgan fingerprint density at radius 3 is 2.65 bits per heavy atom. The van der Waals surface area contributed by atoms with E-state index in [1.54, 1.807) is 31.6 Å². The highest BCUT2D eigenvalue weighted by molar-refractivity contribution is 5.93. The lowest BCUT2D eigenvalue weighted by Crippen LogP contribution is -2.22. The molecule has 0 radical (unpaired) electrons. The largest absolute Gasteiger partial charge is 0.496 e. The Morgan fingerprint density at radius 2 is 2.00 bits per heavy atom. The number of benzene rings is 1. The van der Waals surface area contributed by atoms with Crippen LogP contribution in [-0.4, -0.2) is 18.0 Å². The SMILES string of the molecule is CCc1cc(CNC(=O)c2ccncc2)ccc1OC. The van der Waals surface area contributed by atoms with E-state index in [9.17, 15) is 4.79 Å². The highest BCUT2D eigenvalue weighted by Gasteiger charge is 2.06. The van der Waals surface area contributed by atoms with E-state index in [0.717, 1.165) is 23.3 Å². The summed E-state index contributed by atoms with van der Waals surface area (Å²) in [6, 6.07) is 9.35. The zero-order valence-electron chi connectivity index (χ0n) is 11.7. The van der Waals surface area contributed by atoms with Gasteiger partial charge in [-0.25, -0.2) is 0 Å². The molecule has 0 aliphatic rings. The van der Waals surface area contributed by atoms with Gasteiger partial charge in [0.2, 0.25) is 0 Å². The number of pyridine rings is 1. The van der Waals surface area contributed by atoms with Crippen molar-refractivity contribution in [2.24, 2.45) is 0 Å². The van der Waals surface area contributed by atoms with Crippen LogP contribution in [0.2, 0.25) is 0 Å². The summed E-state index contributed by atoms with van der Waals surface area (Å²) in [7, 11) is 1.67. The van der Waals surface area contributed by atoms with Crippen LogP contribution in [0.4, 0.5) is 0 Å². The number of amides is 1. The second-order valence-corrected chi connectivity index (χ2v) is 4.42. The molecule has 1 amide bonds. The van der Waals surface area contributed by atoms with E-state index in [2.05, 4.69) is 23.3 Å². The molecule has 1 N–H and O–H groups in total. The molecule has 0 bridgehead atoms. The lowest BCUT2D eigenvalue weighted by Gasteiger charge is -2.10. The predicted molar refractivity (Wildman–Crippen MR) is 77.8 cm³/mol. The number of carbonyl (C=O) groups excluding carboxylic acids is 1. The second-order valence-electron chi connectivity index (χ2n) is 4.42. The summed E-state index contributed by atoms with van der Waals surface area (Å²) >= 11 is 0. The van der Waals surface area contributed by atoms with Crippen LogP contribution in [0.15, 0.2) is 42.7 Å². The molecule has 104 valence electrons. The van der Waals surface area contributed by atoms with Crippen molar-refractivity contribution in [2.45, 2.75) is 19.9 Å². The fourth-order valence-corrected chi connectivity index (χ4v) is 2.01. The van der Waals surface area contributed by atoms with E-state index in [0.29, 0.717) is 12.1 Å². The zero-order valence-corrected chi connectivity index (χ0v) is 11.7. The van der Waals surface area contributed by atoms with Crippen molar-refractivity contribution in [1.82, 2.24) is 10.3 Å². The third-order valence-electron chi connectivity index (χ3n) is 3.12. The molecule has 0 atom stereocenters. The van der Waals surface area contributed by atoms with Gasteiger partial charge < -0.3 is 10.1 Å². The van der Waals surface area contributed by atoms with Crippen LogP contribution >= 0.6 is 0 Å². The molecule has 1 aromatic carbocycles. The van der Waals surface area contributed by atoms with E-state index in [1.165, 1.54) is 0 Å². The number of aromatic nitrogens is 1. The van der Waals surface area contributed by atoms with E-state index in [1.807, 2.05) is 12.1 Å². The molecule has 20 heavy (non-hydrogen) atoms. The first-order valence-electron chi connectivity index (χ1n) is 6.58. The maximum absolute atomic E-state index is 11.9. The number of nitrogens with one attached hydrogen (secondary N) is 1. The van der Waals surface area contributed by atoms with Crippen LogP contribution in [0.5, 0.6) is 5.75 Å². The molecule has 4 heteroatoms. The number of nitrogens with zero attached hydrogens (tertiary/aromatic N) is 1. The quantitative estimate of drug-likeness (QED) is 0.908. The zero-order chi connectivity index (χ0) is 14.4. The Kier molecular flexibility index (Phi) is 4.71. The van der Waals surface area contributed by atoms with Gasteiger partial charge in [0.15, 0.2) is 0 Å². The Bertz CT molecular complexity index is 582. The minimum atomic E-state index is -0.0960. The van der Waals surface area contributed by atoms with Gasteiger partial charge in [-0.05, 0) is 35.7 Å². The van der Waals surface area contributed by atoms with Crippen molar-refractivity contribution in [3.63, 3.8) is 0 Å². The van der Waals surface area contributed by atoms with Crippen molar-refractivity contribution in [3.8, 4) is 5.75 Å². The second kappa shape index (κ2) is 6.70. The van der Waals surface area contributed by atoms with Crippen LogP contribution < -0.4 is 10.1 Å². The number of methoxy groups -OCH3 is 1. The highest BCUT2D eigenvalue weighted by Crippen LogP contribution is 2.20. The minimum absolute atomic E-state index is 0.0960. The van der Waals surface area contributed by atoms with Crippen molar-refractivity contribution < 1.29 is 9.53 Å². The monoisotopic (exact) mass is 270 g/mol. The van der Waals surface area contributed by atoms with Gasteiger partial charge in [-0.3, -0.25) is 9.78 Å². The van der Waals surface area contributed by atoms with Gasteiger partial charge in [-0.2, -0.15) is 0 Å². The summed E-state index contributed by atoms with van der Waals surface area (Å²) in [6.45, 7) is 2.58. The highest BCUT2D eigenvalue weighted by atomic mass is 16.5. The first kappa shape index (κ1) is 14.1. The molecule has 0 aliphatic carbocycles. The fourth-order valence-electron chi connectivity index (χ4n) is 2.01. The summed E-state index contributed by atoms with van der Waals surface area (Å²) in [6.07, 6.45) is 4.12. The third kappa shape index (κ3) is 3.35. The molecule has 0 unspecified atom stereocenters. The van der Waals surface area contributed by atoms with Crippen LogP contribution in [0.25, 0.3) is 0 Å². The van der Waals surface area contributed by atoms with Crippen LogP contribution in [0, 0.1) is 0 Å². The van der Waals surface area contributed by atoms with Gasteiger partial charge in [-0.1, -0.05) is 19.1 Å². The molecular formula is C16H18N2O2. The van der Waals surface area contributed by atoms with Crippen LogP contribution in [0.1, 0.15) is 28.4 Å². The molecule has 4 nitrogen and oxygen atoms in total. The number of hydrogen-bond donors (Lipinski definition) is 1. The minimum Gasteiger partial charge on any atom is -0.496 e. The maximum atomic E-state index is 11.9.